The van der Waals surface area contributed by atoms with Crippen LogP contribution in [0, 0.1) is 6.92 Å². The van der Waals surface area contributed by atoms with Crippen molar-refractivity contribution in [1.82, 2.24) is 9.55 Å². The molecule has 0 aliphatic carbocycles. The standard InChI is InChI=1S/C24H26Cl2N2O3/c1-18-2-4-19(5-3-18)13-29-14-22-15-30-24(31-22,16-28-11-10-27-17-28)9-8-20-6-7-21(25)12-23(20)26/h2-7,10-12,17,22H,8-9,13-16H2,1H3. The molecular weight excluding hydrogens is 435 g/mol. The first-order chi connectivity index (χ1) is 15.0. The van der Waals surface area contributed by atoms with Gasteiger partial charge in [0.15, 0.2) is 5.79 Å². The van der Waals surface area contributed by atoms with Crippen molar-refractivity contribution in [1.29, 1.82) is 0 Å². The van der Waals surface area contributed by atoms with Crippen molar-refractivity contribution in [3.63, 3.8) is 0 Å². The number of nitrogens with zero attached hydrogens (tertiary/aromatic N) is 2. The Balaban J connectivity index is 1.37. The zero-order chi connectivity index (χ0) is 21.7. The van der Waals surface area contributed by atoms with Crippen molar-refractivity contribution in [2.24, 2.45) is 0 Å². The number of ether oxygens (including phenoxy) is 3. The second-order valence-electron chi connectivity index (χ2n) is 7.93. The highest BCUT2D eigenvalue weighted by Crippen LogP contribution is 2.32. The van der Waals surface area contributed by atoms with E-state index < -0.39 is 5.79 Å². The van der Waals surface area contributed by atoms with Gasteiger partial charge in [0.05, 0.1) is 32.7 Å². The normalized spacial score (nSPS) is 20.9. The van der Waals surface area contributed by atoms with Crippen molar-refractivity contribution < 1.29 is 14.2 Å². The van der Waals surface area contributed by atoms with Crippen LogP contribution in [0.2, 0.25) is 10.0 Å². The number of hydrogen-bond acceptors (Lipinski definition) is 4. The smallest absolute Gasteiger partial charge is 0.187 e. The number of aromatic nitrogens is 2. The highest BCUT2D eigenvalue weighted by molar-refractivity contribution is 6.35. The van der Waals surface area contributed by atoms with Gasteiger partial charge in [0.25, 0.3) is 0 Å². The molecule has 0 spiro atoms. The van der Waals surface area contributed by atoms with Crippen LogP contribution >= 0.6 is 23.2 Å². The van der Waals surface area contributed by atoms with E-state index in [0.717, 1.165) is 11.1 Å². The van der Waals surface area contributed by atoms with E-state index in [1.54, 1.807) is 18.6 Å². The Hall–Kier alpha value is -1.89. The third-order valence-electron chi connectivity index (χ3n) is 5.38. The summed E-state index contributed by atoms with van der Waals surface area (Å²) < 4.78 is 20.5. The van der Waals surface area contributed by atoms with E-state index in [1.165, 1.54) is 5.56 Å². The first-order valence-corrected chi connectivity index (χ1v) is 11.1. The lowest BCUT2D eigenvalue weighted by atomic mass is 10.0. The zero-order valence-electron chi connectivity index (χ0n) is 17.5. The van der Waals surface area contributed by atoms with Crippen molar-refractivity contribution in [2.45, 2.75) is 44.8 Å². The first-order valence-electron chi connectivity index (χ1n) is 10.4. The van der Waals surface area contributed by atoms with Crippen LogP contribution in [0.1, 0.15) is 23.1 Å². The van der Waals surface area contributed by atoms with Crippen LogP contribution in [0.3, 0.4) is 0 Å². The predicted molar refractivity (Wildman–Crippen MR) is 121 cm³/mol. The fourth-order valence-electron chi connectivity index (χ4n) is 3.69. The minimum atomic E-state index is -0.762. The molecule has 3 aromatic rings. The molecule has 1 saturated heterocycles. The van der Waals surface area contributed by atoms with Crippen LogP contribution in [0.15, 0.2) is 61.2 Å². The van der Waals surface area contributed by atoms with Gasteiger partial charge >= 0.3 is 0 Å². The molecule has 1 fully saturated rings. The van der Waals surface area contributed by atoms with Gasteiger partial charge in [-0.1, -0.05) is 59.1 Å². The molecule has 0 amide bonds. The zero-order valence-corrected chi connectivity index (χ0v) is 19.0. The van der Waals surface area contributed by atoms with Gasteiger partial charge in [-0.2, -0.15) is 0 Å². The summed E-state index contributed by atoms with van der Waals surface area (Å²) in [6, 6.07) is 13.9. The Kier molecular flexibility index (Phi) is 7.31. The average molecular weight is 461 g/mol. The van der Waals surface area contributed by atoms with Crippen LogP contribution < -0.4 is 0 Å². The quantitative estimate of drug-likeness (QED) is 0.425. The Bertz CT molecular complexity index is 979. The molecule has 4 rings (SSSR count). The largest absolute Gasteiger partial charge is 0.374 e. The highest BCUT2D eigenvalue weighted by Gasteiger charge is 2.41. The third-order valence-corrected chi connectivity index (χ3v) is 5.97. The number of aryl methyl sites for hydroxylation is 2. The number of hydrogen-bond donors (Lipinski definition) is 0. The van der Waals surface area contributed by atoms with E-state index in [2.05, 4.69) is 36.2 Å². The summed E-state index contributed by atoms with van der Waals surface area (Å²) in [6.07, 6.45) is 6.66. The Labute approximate surface area is 192 Å². The van der Waals surface area contributed by atoms with Gasteiger partial charge in [0.1, 0.15) is 6.10 Å². The third kappa shape index (κ3) is 6.09. The maximum atomic E-state index is 6.40. The van der Waals surface area contributed by atoms with E-state index in [-0.39, 0.29) is 6.10 Å². The molecule has 2 unspecified atom stereocenters. The molecule has 2 atom stereocenters. The molecule has 2 heterocycles. The van der Waals surface area contributed by atoms with Gasteiger partial charge in [0.2, 0.25) is 0 Å². The summed E-state index contributed by atoms with van der Waals surface area (Å²) in [5, 5.41) is 1.28. The number of rotatable bonds is 9. The first kappa shape index (κ1) is 22.3. The summed E-state index contributed by atoms with van der Waals surface area (Å²) in [5.41, 5.74) is 3.40. The number of imidazole rings is 1. The number of halogens is 2. The summed E-state index contributed by atoms with van der Waals surface area (Å²) >= 11 is 12.4. The van der Waals surface area contributed by atoms with Crippen LogP contribution in [0.25, 0.3) is 0 Å². The molecule has 1 aliphatic rings. The van der Waals surface area contributed by atoms with Crippen LogP contribution in [-0.2, 0) is 33.8 Å². The second-order valence-corrected chi connectivity index (χ2v) is 8.78. The monoisotopic (exact) mass is 460 g/mol. The summed E-state index contributed by atoms with van der Waals surface area (Å²) in [5.74, 6) is -0.762. The van der Waals surface area contributed by atoms with Gasteiger partial charge in [-0.3, -0.25) is 0 Å². The summed E-state index contributed by atoms with van der Waals surface area (Å²) in [6.45, 7) is 4.13. The summed E-state index contributed by atoms with van der Waals surface area (Å²) in [7, 11) is 0. The lowest BCUT2D eigenvalue weighted by Gasteiger charge is -2.29. The van der Waals surface area contributed by atoms with Crippen molar-refractivity contribution in [3.8, 4) is 0 Å². The molecular formula is C24H26Cl2N2O3. The van der Waals surface area contributed by atoms with Gasteiger partial charge in [-0.05, 0) is 36.6 Å². The topological polar surface area (TPSA) is 45.5 Å². The molecule has 164 valence electrons. The Morgan fingerprint density at radius 1 is 1.19 bits per heavy atom. The van der Waals surface area contributed by atoms with E-state index in [9.17, 15) is 0 Å². The molecule has 7 heteroatoms. The molecule has 0 N–H and O–H groups in total. The van der Waals surface area contributed by atoms with Gasteiger partial charge in [0, 0.05) is 28.9 Å². The highest BCUT2D eigenvalue weighted by atomic mass is 35.5. The predicted octanol–water partition coefficient (Wildman–Crippen LogP) is 5.46. The van der Waals surface area contributed by atoms with Crippen molar-refractivity contribution >= 4 is 23.2 Å². The minimum absolute atomic E-state index is 0.130. The van der Waals surface area contributed by atoms with Gasteiger partial charge in [-0.25, -0.2) is 4.98 Å². The van der Waals surface area contributed by atoms with Crippen molar-refractivity contribution in [2.75, 3.05) is 13.2 Å². The molecule has 0 saturated carbocycles. The molecule has 2 aromatic carbocycles. The van der Waals surface area contributed by atoms with Crippen molar-refractivity contribution in [3.05, 3.63) is 87.9 Å². The second kappa shape index (κ2) is 10.2. The van der Waals surface area contributed by atoms with E-state index >= 15 is 0 Å². The molecule has 1 aromatic heterocycles. The molecule has 1 aliphatic heterocycles. The van der Waals surface area contributed by atoms with E-state index in [4.69, 9.17) is 37.4 Å². The molecule has 0 bridgehead atoms. The maximum absolute atomic E-state index is 6.40. The minimum Gasteiger partial charge on any atom is -0.374 e. The lowest BCUT2D eigenvalue weighted by molar-refractivity contribution is -0.187. The van der Waals surface area contributed by atoms with Crippen LogP contribution in [-0.4, -0.2) is 34.7 Å². The maximum Gasteiger partial charge on any atom is 0.187 e. The van der Waals surface area contributed by atoms with E-state index in [1.807, 2.05) is 22.9 Å². The van der Waals surface area contributed by atoms with Crippen LogP contribution in [0.4, 0.5) is 0 Å². The SMILES string of the molecule is Cc1ccc(COCC2COC(CCc3ccc(Cl)cc3Cl)(Cn3ccnc3)O2)cc1. The van der Waals surface area contributed by atoms with Gasteiger partial charge < -0.3 is 18.8 Å². The lowest BCUT2D eigenvalue weighted by Crippen LogP contribution is -2.37. The molecule has 5 nitrogen and oxygen atoms in total. The summed E-state index contributed by atoms with van der Waals surface area (Å²) in [4.78, 5) is 4.14. The van der Waals surface area contributed by atoms with Gasteiger partial charge in [-0.15, -0.1) is 0 Å². The molecule has 0 radical (unpaired) electrons. The fourth-order valence-corrected chi connectivity index (χ4v) is 4.20. The fraction of sp³-hybridized carbons (Fsp3) is 0.375. The Morgan fingerprint density at radius 2 is 2.03 bits per heavy atom. The average Bonchev–Trinajstić information content (AvgIpc) is 3.40. The Morgan fingerprint density at radius 3 is 2.77 bits per heavy atom. The van der Waals surface area contributed by atoms with Crippen LogP contribution in [0.5, 0.6) is 0 Å². The van der Waals surface area contributed by atoms with E-state index in [0.29, 0.717) is 49.3 Å². The molecule has 31 heavy (non-hydrogen) atoms. The number of benzene rings is 2.